The minimum Gasteiger partial charge on any atom is -0.462 e. The van der Waals surface area contributed by atoms with Gasteiger partial charge in [0.2, 0.25) is 0 Å². The number of aromatic nitrogens is 1. The van der Waals surface area contributed by atoms with Gasteiger partial charge in [-0.3, -0.25) is 9.59 Å². The van der Waals surface area contributed by atoms with Crippen molar-refractivity contribution in [3.63, 3.8) is 0 Å². The Morgan fingerprint density at radius 1 is 1.47 bits per heavy atom. The molecule has 4 nitrogen and oxygen atoms in total. The van der Waals surface area contributed by atoms with Crippen molar-refractivity contribution in [1.29, 1.82) is 0 Å². The standard InChI is InChI=1S/C13H17NO3/c1-9(2)17-12(15)8-14-6-5-11(7-14)13(16)10-3-4-10/h5-7,9-10H,3-4,8H2,1-2H3. The lowest BCUT2D eigenvalue weighted by molar-refractivity contribution is -0.148. The minimum atomic E-state index is -0.277. The van der Waals surface area contributed by atoms with Crippen LogP contribution in [0.1, 0.15) is 37.0 Å². The van der Waals surface area contributed by atoms with E-state index in [1.165, 1.54) is 0 Å². The molecule has 92 valence electrons. The van der Waals surface area contributed by atoms with Gasteiger partial charge < -0.3 is 9.30 Å². The van der Waals surface area contributed by atoms with Crippen LogP contribution >= 0.6 is 0 Å². The zero-order valence-electron chi connectivity index (χ0n) is 10.2. The molecule has 1 aromatic heterocycles. The van der Waals surface area contributed by atoms with Crippen LogP contribution in [0.3, 0.4) is 0 Å². The van der Waals surface area contributed by atoms with Gasteiger partial charge in [0.15, 0.2) is 5.78 Å². The third-order valence-corrected chi connectivity index (χ3v) is 2.66. The molecular formula is C13H17NO3. The van der Waals surface area contributed by atoms with Crippen LogP contribution in [-0.2, 0) is 16.1 Å². The van der Waals surface area contributed by atoms with Crippen molar-refractivity contribution in [3.8, 4) is 0 Å². The number of nitrogens with zero attached hydrogens (tertiary/aromatic N) is 1. The van der Waals surface area contributed by atoms with E-state index in [4.69, 9.17) is 4.74 Å². The largest absolute Gasteiger partial charge is 0.462 e. The lowest BCUT2D eigenvalue weighted by Gasteiger charge is -2.07. The molecule has 1 heterocycles. The van der Waals surface area contributed by atoms with Crippen LogP contribution < -0.4 is 0 Å². The summed E-state index contributed by atoms with van der Waals surface area (Å²) in [7, 11) is 0. The zero-order valence-corrected chi connectivity index (χ0v) is 10.2. The summed E-state index contributed by atoms with van der Waals surface area (Å²) >= 11 is 0. The van der Waals surface area contributed by atoms with E-state index in [0.29, 0.717) is 5.56 Å². The Hall–Kier alpha value is -1.58. The number of ketones is 1. The fourth-order valence-electron chi connectivity index (χ4n) is 1.72. The van der Waals surface area contributed by atoms with Crippen LogP contribution in [0.15, 0.2) is 18.5 Å². The first-order chi connectivity index (χ1) is 8.06. The SMILES string of the molecule is CC(C)OC(=O)Cn1ccc(C(=O)C2CC2)c1. The predicted octanol–water partition coefficient (Wildman–Crippen LogP) is 2.03. The van der Waals surface area contributed by atoms with Crippen LogP contribution in [0, 0.1) is 5.92 Å². The molecule has 4 heteroatoms. The van der Waals surface area contributed by atoms with Crippen molar-refractivity contribution in [2.75, 3.05) is 0 Å². The Bertz CT molecular complexity index is 430. The van der Waals surface area contributed by atoms with Gasteiger partial charge in [0, 0.05) is 23.9 Å². The molecule has 1 aromatic rings. The number of carbonyl (C=O) groups excluding carboxylic acids is 2. The summed E-state index contributed by atoms with van der Waals surface area (Å²) in [6, 6.07) is 1.77. The molecule has 0 saturated heterocycles. The predicted molar refractivity (Wildman–Crippen MR) is 62.7 cm³/mol. The maximum atomic E-state index is 11.8. The van der Waals surface area contributed by atoms with E-state index in [1.807, 2.05) is 13.8 Å². The summed E-state index contributed by atoms with van der Waals surface area (Å²) in [4.78, 5) is 23.2. The molecule has 1 aliphatic rings. The first kappa shape index (κ1) is 11.9. The molecule has 1 aliphatic carbocycles. The van der Waals surface area contributed by atoms with E-state index < -0.39 is 0 Å². The molecule has 0 radical (unpaired) electrons. The summed E-state index contributed by atoms with van der Waals surface area (Å²) in [6.45, 7) is 3.79. The quantitative estimate of drug-likeness (QED) is 0.579. The lowest BCUT2D eigenvalue weighted by atomic mass is 10.1. The van der Waals surface area contributed by atoms with Gasteiger partial charge in [0.25, 0.3) is 0 Å². The molecule has 1 fully saturated rings. The highest BCUT2D eigenvalue weighted by Gasteiger charge is 2.30. The first-order valence-electron chi connectivity index (χ1n) is 5.95. The van der Waals surface area contributed by atoms with Crippen molar-refractivity contribution in [3.05, 3.63) is 24.0 Å². The average Bonchev–Trinajstić information content (AvgIpc) is 2.98. The first-order valence-corrected chi connectivity index (χ1v) is 5.95. The van der Waals surface area contributed by atoms with Gasteiger partial charge in [0.1, 0.15) is 6.54 Å². The van der Waals surface area contributed by atoms with Crippen molar-refractivity contribution >= 4 is 11.8 Å². The maximum absolute atomic E-state index is 11.8. The number of esters is 1. The number of hydrogen-bond donors (Lipinski definition) is 0. The zero-order chi connectivity index (χ0) is 12.4. The third-order valence-electron chi connectivity index (χ3n) is 2.66. The van der Waals surface area contributed by atoms with Gasteiger partial charge in [0.05, 0.1) is 6.10 Å². The Balaban J connectivity index is 1.93. The van der Waals surface area contributed by atoms with Gasteiger partial charge >= 0.3 is 5.97 Å². The fraction of sp³-hybridized carbons (Fsp3) is 0.538. The van der Waals surface area contributed by atoms with Crippen LogP contribution in [-0.4, -0.2) is 22.4 Å². The summed E-state index contributed by atoms with van der Waals surface area (Å²) in [5, 5.41) is 0. The summed E-state index contributed by atoms with van der Waals surface area (Å²) in [5.41, 5.74) is 0.699. The smallest absolute Gasteiger partial charge is 0.326 e. The van der Waals surface area contributed by atoms with E-state index in [1.54, 1.807) is 23.0 Å². The summed E-state index contributed by atoms with van der Waals surface area (Å²) in [5.74, 6) is 0.135. The fourth-order valence-corrected chi connectivity index (χ4v) is 1.72. The highest BCUT2D eigenvalue weighted by Crippen LogP contribution is 2.32. The van der Waals surface area contributed by atoms with Crippen molar-refractivity contribution in [2.24, 2.45) is 5.92 Å². The maximum Gasteiger partial charge on any atom is 0.326 e. The molecule has 0 unspecified atom stereocenters. The number of hydrogen-bond acceptors (Lipinski definition) is 3. The second-order valence-corrected chi connectivity index (χ2v) is 4.75. The van der Waals surface area contributed by atoms with Crippen LogP contribution in [0.2, 0.25) is 0 Å². The molecule has 0 bridgehead atoms. The molecule has 1 saturated carbocycles. The van der Waals surface area contributed by atoms with Crippen LogP contribution in [0.5, 0.6) is 0 Å². The second kappa shape index (κ2) is 4.73. The van der Waals surface area contributed by atoms with E-state index in [2.05, 4.69) is 0 Å². The molecule has 0 N–H and O–H groups in total. The third kappa shape index (κ3) is 3.19. The van der Waals surface area contributed by atoms with E-state index in [0.717, 1.165) is 12.8 Å². The van der Waals surface area contributed by atoms with Crippen LogP contribution in [0.25, 0.3) is 0 Å². The normalized spacial score (nSPS) is 15.0. The number of Topliss-reactive ketones (excluding diaryl/α,β-unsaturated/α-hetero) is 1. The van der Waals surface area contributed by atoms with Crippen LogP contribution in [0.4, 0.5) is 0 Å². The van der Waals surface area contributed by atoms with E-state index in [-0.39, 0.29) is 30.3 Å². The van der Waals surface area contributed by atoms with Gasteiger partial charge in [-0.1, -0.05) is 0 Å². The summed E-state index contributed by atoms with van der Waals surface area (Å²) in [6.07, 6.45) is 5.36. The number of ether oxygens (including phenoxy) is 1. The molecule has 0 aliphatic heterocycles. The molecular weight excluding hydrogens is 218 g/mol. The Morgan fingerprint density at radius 2 is 2.18 bits per heavy atom. The van der Waals surface area contributed by atoms with Gasteiger partial charge in [-0.05, 0) is 32.8 Å². The van der Waals surface area contributed by atoms with Gasteiger partial charge in [-0.2, -0.15) is 0 Å². The Kier molecular flexibility index (Phi) is 3.31. The monoisotopic (exact) mass is 235 g/mol. The molecule has 0 spiro atoms. The van der Waals surface area contributed by atoms with Crippen molar-refractivity contribution < 1.29 is 14.3 Å². The molecule has 0 atom stereocenters. The summed E-state index contributed by atoms with van der Waals surface area (Å²) < 4.78 is 6.73. The van der Waals surface area contributed by atoms with Crippen molar-refractivity contribution in [1.82, 2.24) is 4.57 Å². The highest BCUT2D eigenvalue weighted by molar-refractivity contribution is 5.99. The highest BCUT2D eigenvalue weighted by atomic mass is 16.5. The molecule has 0 aromatic carbocycles. The molecule has 2 rings (SSSR count). The van der Waals surface area contributed by atoms with E-state index in [9.17, 15) is 9.59 Å². The second-order valence-electron chi connectivity index (χ2n) is 4.75. The lowest BCUT2D eigenvalue weighted by Crippen LogP contribution is -2.16. The molecule has 0 amide bonds. The van der Waals surface area contributed by atoms with Crippen molar-refractivity contribution in [2.45, 2.75) is 39.3 Å². The topological polar surface area (TPSA) is 48.3 Å². The molecule has 17 heavy (non-hydrogen) atoms. The van der Waals surface area contributed by atoms with Gasteiger partial charge in [-0.25, -0.2) is 0 Å². The van der Waals surface area contributed by atoms with E-state index >= 15 is 0 Å². The Morgan fingerprint density at radius 3 is 2.76 bits per heavy atom. The number of rotatable bonds is 5. The minimum absolute atomic E-state index is 0.106. The average molecular weight is 235 g/mol. The Labute approximate surface area is 101 Å². The number of carbonyl (C=O) groups is 2. The van der Waals surface area contributed by atoms with Gasteiger partial charge in [-0.15, -0.1) is 0 Å².